The monoisotopic (exact) mass is 240 g/mol. The molecule has 0 aliphatic carbocycles. The Hall–Kier alpha value is -0.261. The van der Waals surface area contributed by atoms with Gasteiger partial charge in [-0.3, -0.25) is 0 Å². The number of carboxylic acids is 2. The van der Waals surface area contributed by atoms with E-state index in [1.54, 1.807) is 0 Å². The molecule has 0 bridgehead atoms. The van der Waals surface area contributed by atoms with Crippen molar-refractivity contribution in [1.82, 2.24) is 0 Å². The topological polar surface area (TPSA) is 80.3 Å². The van der Waals surface area contributed by atoms with E-state index >= 15 is 0 Å². The van der Waals surface area contributed by atoms with E-state index in [0.717, 1.165) is 13.8 Å². The minimum absolute atomic E-state index is 0. The van der Waals surface area contributed by atoms with Crippen molar-refractivity contribution >= 4 is 35.8 Å². The number of carbonyl (C=O) groups excluding carboxylic acids is 2. The van der Waals surface area contributed by atoms with E-state index in [9.17, 15) is 0 Å². The molecule has 0 fully saturated rings. The fraction of sp³-hybridized carbons (Fsp3) is 0.500. The quantitative estimate of drug-likeness (QED) is 0.412. The van der Waals surface area contributed by atoms with Gasteiger partial charge in [0.2, 0.25) is 0 Å². The molecule has 5 heteroatoms. The zero-order valence-corrected chi connectivity index (χ0v) is 9.38. The van der Waals surface area contributed by atoms with Gasteiger partial charge < -0.3 is 19.8 Å². The fourth-order valence-electron chi connectivity index (χ4n) is 0. The van der Waals surface area contributed by atoms with E-state index in [1.165, 1.54) is 0 Å². The third-order valence-electron chi connectivity index (χ3n) is 0. The van der Waals surface area contributed by atoms with Crippen LogP contribution >= 0.6 is 0 Å². The molecular weight excluding hydrogens is 231 g/mol. The molecule has 0 saturated heterocycles. The Labute approximate surface area is 69.8 Å². The molecule has 0 spiro atoms. The van der Waals surface area contributed by atoms with Gasteiger partial charge in [0, 0.05) is 11.9 Å². The predicted octanol–water partition coefficient (Wildman–Crippen LogP) is -3.40. The van der Waals surface area contributed by atoms with Crippen molar-refractivity contribution in [3.63, 3.8) is 0 Å². The van der Waals surface area contributed by atoms with Gasteiger partial charge >= 0.3 is 23.9 Å². The maximum atomic E-state index is 8.89. The molecule has 0 amide bonds. The van der Waals surface area contributed by atoms with Gasteiger partial charge in [-0.25, -0.2) is 0 Å². The molecule has 0 atom stereocenters. The summed E-state index contributed by atoms with van der Waals surface area (Å²) in [5.41, 5.74) is 0. The van der Waals surface area contributed by atoms with Gasteiger partial charge in [-0.05, 0) is 13.8 Å². The third kappa shape index (κ3) is 3730. The number of hydrogen-bond acceptors (Lipinski definition) is 4. The number of aliphatic carboxylic acids is 2. The van der Waals surface area contributed by atoms with Crippen LogP contribution < -0.4 is 10.2 Å². The number of carbonyl (C=O) groups is 2. The number of hydrogen-bond donors (Lipinski definition) is 0. The molecule has 0 aromatic heterocycles. The molecule has 0 aliphatic heterocycles. The Morgan fingerprint density at radius 2 is 1.00 bits per heavy atom. The van der Waals surface area contributed by atoms with E-state index in [0.29, 0.717) is 0 Å². The van der Waals surface area contributed by atoms with Gasteiger partial charge in [0.1, 0.15) is 0 Å². The number of carboxylic acid groups (broad SMARTS) is 2. The summed E-state index contributed by atoms with van der Waals surface area (Å²) in [5, 5.41) is 17.8. The van der Waals surface area contributed by atoms with E-state index in [1.807, 2.05) is 0 Å². The van der Waals surface area contributed by atoms with Crippen LogP contribution in [0, 0.1) is 0 Å². The van der Waals surface area contributed by atoms with E-state index in [4.69, 9.17) is 19.8 Å². The summed E-state index contributed by atoms with van der Waals surface area (Å²) in [5.74, 6) is -2.17. The molecule has 0 heterocycles. The molecule has 9 heavy (non-hydrogen) atoms. The van der Waals surface area contributed by atoms with Gasteiger partial charge in [0.25, 0.3) is 0 Å². The van der Waals surface area contributed by atoms with E-state index < -0.39 is 11.9 Å². The van der Waals surface area contributed by atoms with Crippen LogP contribution in [0.5, 0.6) is 0 Å². The summed E-state index contributed by atoms with van der Waals surface area (Å²) in [4.78, 5) is 17.8. The molecule has 0 N–H and O–H groups in total. The first kappa shape index (κ1) is 15.9. The van der Waals surface area contributed by atoms with Gasteiger partial charge in [0.15, 0.2) is 0 Å². The van der Waals surface area contributed by atoms with Crippen LogP contribution in [0.2, 0.25) is 0 Å². The summed E-state index contributed by atoms with van der Waals surface area (Å²) >= 11 is 0. The van der Waals surface area contributed by atoms with Crippen molar-refractivity contribution in [2.24, 2.45) is 0 Å². The van der Waals surface area contributed by atoms with Crippen LogP contribution in [0.4, 0.5) is 0 Å². The van der Waals surface area contributed by atoms with Crippen molar-refractivity contribution in [2.75, 3.05) is 0 Å². The maximum absolute atomic E-state index is 8.89. The predicted molar refractivity (Wildman–Crippen MR) is 29.9 cm³/mol. The average molecular weight is 239 g/mol. The van der Waals surface area contributed by atoms with E-state index in [-0.39, 0.29) is 23.9 Å². The normalized spacial score (nSPS) is 5.56. The second-order valence-electron chi connectivity index (χ2n) is 0.983. The van der Waals surface area contributed by atoms with Crippen molar-refractivity contribution in [2.45, 2.75) is 13.8 Å². The first-order valence-corrected chi connectivity index (χ1v) is 1.82. The molecular formula is C4H8O4Sn. The Morgan fingerprint density at radius 1 is 1.00 bits per heavy atom. The summed E-state index contributed by atoms with van der Waals surface area (Å²) in [6, 6.07) is 0. The molecule has 0 unspecified atom stereocenters. The Balaban J connectivity index is -0.0000000720. The second-order valence-corrected chi connectivity index (χ2v) is 0.983. The Bertz CT molecular complexity index is 70.6. The Kier molecular flexibility index (Phi) is 18.8. The minimum atomic E-state index is -1.08. The van der Waals surface area contributed by atoms with Crippen LogP contribution in [0.25, 0.3) is 0 Å². The summed E-state index contributed by atoms with van der Waals surface area (Å²) in [6.45, 7) is 1.94. The number of rotatable bonds is 0. The van der Waals surface area contributed by atoms with Gasteiger partial charge in [0.05, 0.1) is 0 Å². The zero-order chi connectivity index (χ0) is 7.15. The SMILES string of the molecule is CC(=O)[O-].CC(=O)[O-].[SnH2+2]. The van der Waals surface area contributed by atoms with Crippen LogP contribution in [0.3, 0.4) is 0 Å². The van der Waals surface area contributed by atoms with Crippen molar-refractivity contribution in [3.05, 3.63) is 0 Å². The third-order valence-corrected chi connectivity index (χ3v) is 0. The molecule has 0 aromatic carbocycles. The second kappa shape index (κ2) is 10.7. The first-order valence-electron chi connectivity index (χ1n) is 1.82. The van der Waals surface area contributed by atoms with Crippen molar-refractivity contribution in [1.29, 1.82) is 0 Å². The van der Waals surface area contributed by atoms with Crippen LogP contribution in [-0.2, 0) is 9.59 Å². The molecule has 4 nitrogen and oxygen atoms in total. The van der Waals surface area contributed by atoms with Crippen LogP contribution in [-0.4, -0.2) is 35.8 Å². The summed E-state index contributed by atoms with van der Waals surface area (Å²) < 4.78 is 0. The van der Waals surface area contributed by atoms with Gasteiger partial charge in [-0.15, -0.1) is 0 Å². The van der Waals surface area contributed by atoms with E-state index in [2.05, 4.69) is 0 Å². The summed E-state index contributed by atoms with van der Waals surface area (Å²) in [7, 11) is 0. The molecule has 52 valence electrons. The molecule has 0 aromatic rings. The summed E-state index contributed by atoms with van der Waals surface area (Å²) in [6.07, 6.45) is 0. The molecule has 0 aliphatic rings. The zero-order valence-electron chi connectivity index (χ0n) is 5.34. The molecule has 0 saturated carbocycles. The van der Waals surface area contributed by atoms with Gasteiger partial charge in [-0.2, -0.15) is 0 Å². The van der Waals surface area contributed by atoms with Crippen molar-refractivity contribution in [3.8, 4) is 0 Å². The van der Waals surface area contributed by atoms with Crippen LogP contribution in [0.15, 0.2) is 0 Å². The Morgan fingerprint density at radius 3 is 1.00 bits per heavy atom. The van der Waals surface area contributed by atoms with Gasteiger partial charge in [-0.1, -0.05) is 0 Å². The standard InChI is InChI=1S/2C2H4O2.Sn.2H/c2*1-2(3)4;;;/h2*1H3,(H,3,4);;;/q;;+2;;/p-2. The average Bonchev–Trinajstić information content (AvgIpc) is 1.25. The molecule has 0 radical (unpaired) electrons. The molecule has 0 rings (SSSR count). The first-order chi connectivity index (χ1) is 3.46. The van der Waals surface area contributed by atoms with Crippen LogP contribution in [0.1, 0.15) is 13.8 Å². The van der Waals surface area contributed by atoms with Crippen molar-refractivity contribution < 1.29 is 19.8 Å². The fourth-order valence-corrected chi connectivity index (χ4v) is 0.